The summed E-state index contributed by atoms with van der Waals surface area (Å²) in [4.78, 5) is 21.7. The van der Waals surface area contributed by atoms with Crippen molar-refractivity contribution in [2.45, 2.75) is 19.3 Å². The Morgan fingerprint density at radius 3 is 2.94 bits per heavy atom. The Labute approximate surface area is 106 Å². The quantitative estimate of drug-likeness (QED) is 0.791. The zero-order valence-electron chi connectivity index (χ0n) is 10.4. The van der Waals surface area contributed by atoms with Gasteiger partial charge >= 0.3 is 0 Å². The number of nitrogens with zero attached hydrogens (tertiary/aromatic N) is 3. The number of amides is 1. The summed E-state index contributed by atoms with van der Waals surface area (Å²) in [6, 6.07) is 0. The van der Waals surface area contributed by atoms with Crippen molar-refractivity contribution in [2.24, 2.45) is 17.4 Å². The average molecular weight is 249 g/mol. The Kier molecular flexibility index (Phi) is 4.09. The fourth-order valence-electron chi connectivity index (χ4n) is 2.46. The minimum atomic E-state index is -0.529. The van der Waals surface area contributed by atoms with E-state index in [-0.39, 0.29) is 5.69 Å². The van der Waals surface area contributed by atoms with Crippen molar-refractivity contribution in [1.29, 1.82) is 0 Å². The van der Waals surface area contributed by atoms with Gasteiger partial charge in [0.1, 0.15) is 0 Å². The van der Waals surface area contributed by atoms with Gasteiger partial charge in [0.15, 0.2) is 11.5 Å². The zero-order chi connectivity index (χ0) is 13.0. The molecule has 1 aromatic rings. The van der Waals surface area contributed by atoms with E-state index in [0.29, 0.717) is 18.3 Å². The molecule has 4 N–H and O–H groups in total. The van der Waals surface area contributed by atoms with E-state index in [1.807, 2.05) is 0 Å². The van der Waals surface area contributed by atoms with Gasteiger partial charge in [-0.25, -0.2) is 9.97 Å². The molecule has 0 saturated carbocycles. The Balaban J connectivity index is 2.18. The van der Waals surface area contributed by atoms with E-state index in [9.17, 15) is 4.79 Å². The Morgan fingerprint density at radius 2 is 2.22 bits per heavy atom. The molecule has 6 heteroatoms. The maximum Gasteiger partial charge on any atom is 0.271 e. The molecule has 0 radical (unpaired) electrons. The van der Waals surface area contributed by atoms with Crippen LogP contribution in [0.2, 0.25) is 0 Å². The molecule has 6 nitrogen and oxygen atoms in total. The van der Waals surface area contributed by atoms with Crippen LogP contribution in [0.4, 0.5) is 5.82 Å². The first-order valence-corrected chi connectivity index (χ1v) is 6.28. The van der Waals surface area contributed by atoms with Crippen molar-refractivity contribution in [2.75, 3.05) is 24.5 Å². The Hall–Kier alpha value is -1.69. The summed E-state index contributed by atoms with van der Waals surface area (Å²) in [5.74, 6) is 0.636. The van der Waals surface area contributed by atoms with Crippen molar-refractivity contribution < 1.29 is 4.79 Å². The molecule has 1 aliphatic heterocycles. The number of rotatable bonds is 4. The third-order valence-corrected chi connectivity index (χ3v) is 3.31. The van der Waals surface area contributed by atoms with E-state index in [4.69, 9.17) is 11.5 Å². The van der Waals surface area contributed by atoms with Gasteiger partial charge in [-0.15, -0.1) is 0 Å². The topological polar surface area (TPSA) is 98.1 Å². The molecule has 2 heterocycles. The molecular weight excluding hydrogens is 230 g/mol. The van der Waals surface area contributed by atoms with Gasteiger partial charge < -0.3 is 16.4 Å². The SMILES string of the molecule is NCCC1CCCN(c2nccnc2C(N)=O)C1. The molecule has 0 aliphatic carbocycles. The van der Waals surface area contributed by atoms with Crippen LogP contribution in [0.25, 0.3) is 0 Å². The van der Waals surface area contributed by atoms with Crippen LogP contribution in [0.5, 0.6) is 0 Å². The number of hydrogen-bond acceptors (Lipinski definition) is 5. The lowest BCUT2D eigenvalue weighted by molar-refractivity contribution is 0.0995. The lowest BCUT2D eigenvalue weighted by Gasteiger charge is -2.33. The number of carbonyl (C=O) groups is 1. The molecule has 1 atom stereocenters. The molecule has 0 bridgehead atoms. The molecule has 0 spiro atoms. The first kappa shape index (κ1) is 12.8. The van der Waals surface area contributed by atoms with Crippen LogP contribution in [0.3, 0.4) is 0 Å². The van der Waals surface area contributed by atoms with Crippen molar-refractivity contribution >= 4 is 11.7 Å². The summed E-state index contributed by atoms with van der Waals surface area (Å²) >= 11 is 0. The van der Waals surface area contributed by atoms with Crippen molar-refractivity contribution in [3.8, 4) is 0 Å². The molecule has 1 amide bonds. The van der Waals surface area contributed by atoms with Crippen LogP contribution in [-0.2, 0) is 0 Å². The molecule has 0 aromatic carbocycles. The minimum absolute atomic E-state index is 0.255. The van der Waals surface area contributed by atoms with Gasteiger partial charge in [0.2, 0.25) is 0 Å². The van der Waals surface area contributed by atoms with Crippen molar-refractivity contribution in [1.82, 2.24) is 9.97 Å². The summed E-state index contributed by atoms with van der Waals surface area (Å²) in [5.41, 5.74) is 11.2. The molecule has 1 saturated heterocycles. The first-order chi connectivity index (χ1) is 8.72. The highest BCUT2D eigenvalue weighted by atomic mass is 16.1. The predicted molar refractivity (Wildman–Crippen MR) is 69.2 cm³/mol. The van der Waals surface area contributed by atoms with E-state index < -0.39 is 5.91 Å². The highest BCUT2D eigenvalue weighted by molar-refractivity contribution is 5.95. The molecule has 1 aromatic heterocycles. The summed E-state index contributed by atoms with van der Waals surface area (Å²) in [5, 5.41) is 0. The van der Waals surface area contributed by atoms with E-state index in [0.717, 1.165) is 25.9 Å². The van der Waals surface area contributed by atoms with Gasteiger partial charge in [-0.3, -0.25) is 4.79 Å². The maximum absolute atomic E-state index is 11.3. The first-order valence-electron chi connectivity index (χ1n) is 6.28. The molecule has 2 rings (SSSR count). The molecule has 1 aliphatic rings. The van der Waals surface area contributed by atoms with E-state index in [2.05, 4.69) is 14.9 Å². The summed E-state index contributed by atoms with van der Waals surface area (Å²) in [6.07, 6.45) is 6.35. The largest absolute Gasteiger partial charge is 0.364 e. The molecule has 1 unspecified atom stereocenters. The van der Waals surface area contributed by atoms with Crippen LogP contribution >= 0.6 is 0 Å². The average Bonchev–Trinajstić information content (AvgIpc) is 2.39. The maximum atomic E-state index is 11.3. The van der Waals surface area contributed by atoms with Crippen LogP contribution < -0.4 is 16.4 Å². The van der Waals surface area contributed by atoms with E-state index in [1.165, 1.54) is 12.6 Å². The Bertz CT molecular complexity index is 421. The van der Waals surface area contributed by atoms with Gasteiger partial charge in [0.25, 0.3) is 5.91 Å². The van der Waals surface area contributed by atoms with E-state index in [1.54, 1.807) is 6.20 Å². The number of aromatic nitrogens is 2. The predicted octanol–water partition coefficient (Wildman–Crippen LogP) is 0.141. The Morgan fingerprint density at radius 1 is 1.44 bits per heavy atom. The van der Waals surface area contributed by atoms with Crippen molar-refractivity contribution in [3.05, 3.63) is 18.1 Å². The lowest BCUT2D eigenvalue weighted by atomic mass is 9.95. The van der Waals surface area contributed by atoms with Gasteiger partial charge in [-0.1, -0.05) is 0 Å². The molecule has 98 valence electrons. The van der Waals surface area contributed by atoms with Crippen LogP contribution in [0, 0.1) is 5.92 Å². The number of primary amides is 1. The standard InChI is InChI=1S/C12H19N5O/c13-4-3-9-2-1-7-17(8-9)12-10(11(14)18)15-5-6-16-12/h5-6,9H,1-4,7-8,13H2,(H2,14,18). The third kappa shape index (κ3) is 2.76. The molecule has 1 fully saturated rings. The number of anilines is 1. The van der Waals surface area contributed by atoms with Crippen molar-refractivity contribution in [3.63, 3.8) is 0 Å². The summed E-state index contributed by atoms with van der Waals surface area (Å²) in [7, 11) is 0. The summed E-state index contributed by atoms with van der Waals surface area (Å²) in [6.45, 7) is 2.46. The monoisotopic (exact) mass is 249 g/mol. The number of carbonyl (C=O) groups excluding carboxylic acids is 1. The fourth-order valence-corrected chi connectivity index (χ4v) is 2.46. The van der Waals surface area contributed by atoms with Crippen LogP contribution in [-0.4, -0.2) is 35.5 Å². The highest BCUT2D eigenvalue weighted by Crippen LogP contribution is 2.24. The molecule has 18 heavy (non-hydrogen) atoms. The fraction of sp³-hybridized carbons (Fsp3) is 0.583. The zero-order valence-corrected chi connectivity index (χ0v) is 10.4. The third-order valence-electron chi connectivity index (χ3n) is 3.31. The second-order valence-electron chi connectivity index (χ2n) is 4.62. The lowest BCUT2D eigenvalue weighted by Crippen LogP contribution is -2.38. The van der Waals surface area contributed by atoms with Gasteiger partial charge in [-0.2, -0.15) is 0 Å². The van der Waals surface area contributed by atoms with Gasteiger partial charge in [-0.05, 0) is 31.7 Å². The summed E-state index contributed by atoms with van der Waals surface area (Å²) < 4.78 is 0. The van der Waals surface area contributed by atoms with Crippen LogP contribution in [0.1, 0.15) is 29.8 Å². The number of piperidine rings is 1. The minimum Gasteiger partial charge on any atom is -0.364 e. The smallest absolute Gasteiger partial charge is 0.271 e. The number of hydrogen-bond donors (Lipinski definition) is 2. The van der Waals surface area contributed by atoms with Gasteiger partial charge in [0, 0.05) is 25.5 Å². The van der Waals surface area contributed by atoms with Gasteiger partial charge in [0.05, 0.1) is 0 Å². The number of nitrogens with two attached hydrogens (primary N) is 2. The van der Waals surface area contributed by atoms with E-state index >= 15 is 0 Å². The highest BCUT2D eigenvalue weighted by Gasteiger charge is 2.24. The normalized spacial score (nSPS) is 19.8. The van der Waals surface area contributed by atoms with Crippen LogP contribution in [0.15, 0.2) is 12.4 Å². The molecular formula is C12H19N5O. The second kappa shape index (κ2) is 5.77. The second-order valence-corrected chi connectivity index (χ2v) is 4.62.